The SMILES string of the molecule is CS(=O)(=O)N[C@@H](CC(=O)NC(c1ccccc1)c1ccccc1)c1ccc(Cl)cc1. The summed E-state index contributed by atoms with van der Waals surface area (Å²) < 4.78 is 26.3. The van der Waals surface area contributed by atoms with Crippen LogP contribution in [0.2, 0.25) is 5.02 Å². The summed E-state index contributed by atoms with van der Waals surface area (Å²) in [5.41, 5.74) is 2.54. The van der Waals surface area contributed by atoms with Crippen LogP contribution in [0.3, 0.4) is 0 Å². The van der Waals surface area contributed by atoms with Crippen molar-refractivity contribution in [1.29, 1.82) is 0 Å². The van der Waals surface area contributed by atoms with Gasteiger partial charge in [-0.15, -0.1) is 0 Å². The van der Waals surface area contributed by atoms with E-state index in [9.17, 15) is 13.2 Å². The molecule has 0 spiro atoms. The topological polar surface area (TPSA) is 75.3 Å². The number of carbonyl (C=O) groups excluding carboxylic acids is 1. The van der Waals surface area contributed by atoms with Crippen molar-refractivity contribution in [1.82, 2.24) is 10.0 Å². The zero-order chi connectivity index (χ0) is 21.6. The summed E-state index contributed by atoms with van der Waals surface area (Å²) in [5.74, 6) is -0.274. The molecule has 0 radical (unpaired) electrons. The van der Waals surface area contributed by atoms with E-state index in [2.05, 4.69) is 10.0 Å². The first-order valence-corrected chi connectivity index (χ1v) is 11.7. The lowest BCUT2D eigenvalue weighted by Gasteiger charge is -2.23. The first-order chi connectivity index (χ1) is 14.3. The second kappa shape index (κ2) is 9.89. The van der Waals surface area contributed by atoms with Gasteiger partial charge in [-0.3, -0.25) is 4.79 Å². The van der Waals surface area contributed by atoms with Crippen molar-refractivity contribution in [3.05, 3.63) is 107 Å². The van der Waals surface area contributed by atoms with E-state index in [0.29, 0.717) is 10.6 Å². The van der Waals surface area contributed by atoms with Crippen LogP contribution in [0.15, 0.2) is 84.9 Å². The van der Waals surface area contributed by atoms with Crippen LogP contribution in [0, 0.1) is 0 Å². The van der Waals surface area contributed by atoms with E-state index in [1.54, 1.807) is 24.3 Å². The molecule has 0 unspecified atom stereocenters. The predicted octanol–water partition coefficient (Wildman–Crippen LogP) is 4.23. The third-order valence-corrected chi connectivity index (χ3v) is 5.55. The molecule has 156 valence electrons. The molecule has 1 amide bonds. The predicted molar refractivity (Wildman–Crippen MR) is 120 cm³/mol. The van der Waals surface area contributed by atoms with Gasteiger partial charge >= 0.3 is 0 Å². The van der Waals surface area contributed by atoms with Crippen molar-refractivity contribution in [2.75, 3.05) is 6.26 Å². The number of halogens is 1. The molecule has 30 heavy (non-hydrogen) atoms. The first-order valence-electron chi connectivity index (χ1n) is 9.44. The Morgan fingerprint density at radius 2 is 1.33 bits per heavy atom. The third-order valence-electron chi connectivity index (χ3n) is 4.59. The molecule has 2 N–H and O–H groups in total. The summed E-state index contributed by atoms with van der Waals surface area (Å²) in [4.78, 5) is 13.0. The van der Waals surface area contributed by atoms with Crippen molar-refractivity contribution in [2.24, 2.45) is 0 Å². The second-order valence-corrected chi connectivity index (χ2v) is 9.24. The average molecular weight is 443 g/mol. The molecule has 1 atom stereocenters. The van der Waals surface area contributed by atoms with Crippen LogP contribution in [0.4, 0.5) is 0 Å². The van der Waals surface area contributed by atoms with Crippen molar-refractivity contribution >= 4 is 27.5 Å². The molecule has 0 saturated carbocycles. The van der Waals surface area contributed by atoms with E-state index in [0.717, 1.165) is 17.4 Å². The quantitative estimate of drug-likeness (QED) is 0.548. The number of hydrogen-bond donors (Lipinski definition) is 2. The number of nitrogens with one attached hydrogen (secondary N) is 2. The molecule has 0 fully saturated rings. The van der Waals surface area contributed by atoms with Crippen molar-refractivity contribution in [2.45, 2.75) is 18.5 Å². The van der Waals surface area contributed by atoms with Gasteiger partial charge in [-0.25, -0.2) is 13.1 Å². The lowest BCUT2D eigenvalue weighted by atomic mass is 9.98. The van der Waals surface area contributed by atoms with E-state index in [1.807, 2.05) is 60.7 Å². The molecule has 0 aromatic heterocycles. The van der Waals surface area contributed by atoms with Crippen LogP contribution < -0.4 is 10.0 Å². The normalized spacial score (nSPS) is 12.5. The van der Waals surface area contributed by atoms with Gasteiger partial charge in [-0.1, -0.05) is 84.4 Å². The Morgan fingerprint density at radius 1 is 0.833 bits per heavy atom. The van der Waals surface area contributed by atoms with Gasteiger partial charge in [0.05, 0.1) is 18.3 Å². The minimum atomic E-state index is -3.52. The van der Waals surface area contributed by atoms with Crippen molar-refractivity contribution in [3.63, 3.8) is 0 Å². The standard InChI is InChI=1S/C23H23ClN2O3S/c1-30(28,29)26-21(17-12-14-20(24)15-13-17)16-22(27)25-23(18-8-4-2-5-9-18)19-10-6-3-7-11-19/h2-15,21,23,26H,16H2,1H3,(H,25,27)/t21-/m0/s1. The maximum atomic E-state index is 13.0. The second-order valence-electron chi connectivity index (χ2n) is 7.02. The van der Waals surface area contributed by atoms with Crippen LogP contribution in [0.1, 0.15) is 35.2 Å². The maximum absolute atomic E-state index is 13.0. The van der Waals surface area contributed by atoms with E-state index in [-0.39, 0.29) is 18.4 Å². The molecule has 3 aromatic carbocycles. The monoisotopic (exact) mass is 442 g/mol. The summed E-state index contributed by atoms with van der Waals surface area (Å²) in [5, 5.41) is 3.58. The average Bonchev–Trinajstić information content (AvgIpc) is 2.72. The largest absolute Gasteiger partial charge is 0.345 e. The Labute approximate surface area is 182 Å². The highest BCUT2D eigenvalue weighted by Gasteiger charge is 2.23. The van der Waals surface area contributed by atoms with Crippen LogP contribution in [-0.4, -0.2) is 20.6 Å². The summed E-state index contributed by atoms with van der Waals surface area (Å²) >= 11 is 5.94. The molecule has 0 saturated heterocycles. The summed E-state index contributed by atoms with van der Waals surface area (Å²) in [6, 6.07) is 25.0. The molecular formula is C23H23ClN2O3S. The summed E-state index contributed by atoms with van der Waals surface area (Å²) in [6.45, 7) is 0. The first kappa shape index (κ1) is 22.0. The van der Waals surface area contributed by atoms with Gasteiger partial charge in [0.2, 0.25) is 15.9 Å². The fourth-order valence-electron chi connectivity index (χ4n) is 3.24. The Morgan fingerprint density at radius 3 is 1.80 bits per heavy atom. The van der Waals surface area contributed by atoms with Gasteiger partial charge in [-0.2, -0.15) is 0 Å². The zero-order valence-electron chi connectivity index (χ0n) is 16.5. The van der Waals surface area contributed by atoms with E-state index >= 15 is 0 Å². The number of amides is 1. The molecular weight excluding hydrogens is 420 g/mol. The molecule has 7 heteroatoms. The number of rotatable bonds is 8. The highest BCUT2D eigenvalue weighted by atomic mass is 35.5. The summed E-state index contributed by atoms with van der Waals surface area (Å²) in [6.07, 6.45) is 1.02. The van der Waals surface area contributed by atoms with Crippen LogP contribution in [-0.2, 0) is 14.8 Å². The molecule has 5 nitrogen and oxygen atoms in total. The Bertz CT molecular complexity index is 1030. The Kier molecular flexibility index (Phi) is 7.26. The number of carbonyl (C=O) groups is 1. The number of benzene rings is 3. The Hall–Kier alpha value is -2.67. The minimum absolute atomic E-state index is 0.0507. The fraction of sp³-hybridized carbons (Fsp3) is 0.174. The van der Waals surface area contributed by atoms with Crippen LogP contribution in [0.5, 0.6) is 0 Å². The van der Waals surface area contributed by atoms with Gasteiger partial charge in [-0.05, 0) is 28.8 Å². The van der Waals surface area contributed by atoms with E-state index < -0.39 is 16.1 Å². The van der Waals surface area contributed by atoms with Gasteiger partial charge < -0.3 is 5.32 Å². The smallest absolute Gasteiger partial charge is 0.222 e. The molecule has 0 bridgehead atoms. The fourth-order valence-corrected chi connectivity index (χ4v) is 4.10. The van der Waals surface area contributed by atoms with E-state index in [4.69, 9.17) is 11.6 Å². The van der Waals surface area contributed by atoms with Crippen molar-refractivity contribution in [3.8, 4) is 0 Å². The van der Waals surface area contributed by atoms with Gasteiger partial charge in [0, 0.05) is 11.4 Å². The minimum Gasteiger partial charge on any atom is -0.345 e. The highest BCUT2D eigenvalue weighted by Crippen LogP contribution is 2.24. The van der Waals surface area contributed by atoms with Gasteiger partial charge in [0.25, 0.3) is 0 Å². The molecule has 3 rings (SSSR count). The Balaban J connectivity index is 1.84. The number of sulfonamides is 1. The van der Waals surface area contributed by atoms with Gasteiger partial charge in [0.15, 0.2) is 0 Å². The third kappa shape index (κ3) is 6.42. The van der Waals surface area contributed by atoms with Crippen LogP contribution in [0.25, 0.3) is 0 Å². The molecule has 0 aliphatic carbocycles. The molecule has 0 aliphatic rings. The zero-order valence-corrected chi connectivity index (χ0v) is 18.0. The molecule has 0 aliphatic heterocycles. The lowest BCUT2D eigenvalue weighted by Crippen LogP contribution is -2.35. The van der Waals surface area contributed by atoms with E-state index in [1.165, 1.54) is 0 Å². The van der Waals surface area contributed by atoms with Gasteiger partial charge in [0.1, 0.15) is 0 Å². The molecule has 3 aromatic rings. The summed E-state index contributed by atoms with van der Waals surface area (Å²) in [7, 11) is -3.52. The highest BCUT2D eigenvalue weighted by molar-refractivity contribution is 7.88. The number of hydrogen-bond acceptors (Lipinski definition) is 3. The maximum Gasteiger partial charge on any atom is 0.222 e. The molecule has 0 heterocycles. The van der Waals surface area contributed by atoms with Crippen LogP contribution >= 0.6 is 11.6 Å². The van der Waals surface area contributed by atoms with Crippen molar-refractivity contribution < 1.29 is 13.2 Å². The lowest BCUT2D eigenvalue weighted by molar-refractivity contribution is -0.122.